The quantitative estimate of drug-likeness (QED) is 0.879. The van der Waals surface area contributed by atoms with Gasteiger partial charge in [0.2, 0.25) is 5.91 Å². The van der Waals surface area contributed by atoms with E-state index < -0.39 is 0 Å². The van der Waals surface area contributed by atoms with Crippen LogP contribution in [0.1, 0.15) is 35.2 Å². The molecule has 142 valence electrons. The van der Waals surface area contributed by atoms with Crippen LogP contribution >= 0.6 is 0 Å². The number of hydrogen-bond acceptors (Lipinski definition) is 3. The number of benzene rings is 2. The first-order valence-corrected chi connectivity index (χ1v) is 9.48. The number of carbonyl (C=O) groups excluding carboxylic acids is 2. The van der Waals surface area contributed by atoms with E-state index in [1.807, 2.05) is 53.4 Å². The summed E-state index contributed by atoms with van der Waals surface area (Å²) in [5.41, 5.74) is 3.51. The zero-order valence-corrected chi connectivity index (χ0v) is 16.1. The summed E-state index contributed by atoms with van der Waals surface area (Å²) in [7, 11) is 3.52. The van der Waals surface area contributed by atoms with Crippen molar-refractivity contribution in [3.05, 3.63) is 59.7 Å². The maximum Gasteiger partial charge on any atom is 0.253 e. The minimum Gasteiger partial charge on any atom is -0.356 e. The van der Waals surface area contributed by atoms with E-state index >= 15 is 0 Å². The van der Waals surface area contributed by atoms with E-state index in [9.17, 15) is 9.59 Å². The molecule has 5 nitrogen and oxygen atoms in total. The fourth-order valence-electron chi connectivity index (χ4n) is 3.21. The second-order valence-electron chi connectivity index (χ2n) is 7.22. The molecule has 1 N–H and O–H groups in total. The standard InChI is InChI=1S/C22H27N3O2/c1-24(2)21(26)15-17-9-11-19(12-10-17)23-20-8-6-7-18(16-20)22(27)25-13-4-3-5-14-25/h6-12,16,23H,3-5,13-15H2,1-2H3. The third-order valence-electron chi connectivity index (χ3n) is 4.85. The monoisotopic (exact) mass is 365 g/mol. The third kappa shape index (κ3) is 5.09. The van der Waals surface area contributed by atoms with Gasteiger partial charge in [-0.25, -0.2) is 0 Å². The Hall–Kier alpha value is -2.82. The molecule has 2 amide bonds. The number of likely N-dealkylation sites (N-methyl/N-ethyl adjacent to an activating group) is 1. The van der Waals surface area contributed by atoms with Crippen LogP contribution in [0.4, 0.5) is 11.4 Å². The van der Waals surface area contributed by atoms with E-state index in [-0.39, 0.29) is 11.8 Å². The summed E-state index contributed by atoms with van der Waals surface area (Å²) in [5, 5.41) is 3.34. The molecular formula is C22H27N3O2. The highest BCUT2D eigenvalue weighted by Gasteiger charge is 2.18. The first-order valence-electron chi connectivity index (χ1n) is 9.48. The van der Waals surface area contributed by atoms with E-state index in [1.165, 1.54) is 6.42 Å². The molecular weight excluding hydrogens is 338 g/mol. The molecule has 0 unspecified atom stereocenters. The Bertz CT molecular complexity index is 793. The summed E-state index contributed by atoms with van der Waals surface area (Å²) in [6, 6.07) is 15.5. The zero-order valence-electron chi connectivity index (χ0n) is 16.1. The predicted octanol–water partition coefficient (Wildman–Crippen LogP) is 3.69. The molecule has 5 heteroatoms. The molecule has 0 aliphatic carbocycles. The highest BCUT2D eigenvalue weighted by Crippen LogP contribution is 2.20. The maximum atomic E-state index is 12.7. The van der Waals surface area contributed by atoms with E-state index in [1.54, 1.807) is 19.0 Å². The van der Waals surface area contributed by atoms with Crippen molar-refractivity contribution in [2.75, 3.05) is 32.5 Å². The molecule has 1 heterocycles. The van der Waals surface area contributed by atoms with Crippen molar-refractivity contribution in [3.63, 3.8) is 0 Å². The van der Waals surface area contributed by atoms with Gasteiger partial charge < -0.3 is 15.1 Å². The van der Waals surface area contributed by atoms with Crippen LogP contribution in [-0.2, 0) is 11.2 Å². The summed E-state index contributed by atoms with van der Waals surface area (Å²) in [6.07, 6.45) is 3.79. The normalized spacial score (nSPS) is 13.9. The lowest BCUT2D eigenvalue weighted by Gasteiger charge is -2.26. The molecule has 1 aliphatic heterocycles. The summed E-state index contributed by atoms with van der Waals surface area (Å²) in [4.78, 5) is 28.0. The van der Waals surface area contributed by atoms with Crippen molar-refractivity contribution < 1.29 is 9.59 Å². The molecule has 3 rings (SSSR count). The second kappa shape index (κ2) is 8.71. The molecule has 0 spiro atoms. The van der Waals surface area contributed by atoms with Gasteiger partial charge >= 0.3 is 0 Å². The van der Waals surface area contributed by atoms with Crippen molar-refractivity contribution >= 4 is 23.2 Å². The number of piperidine rings is 1. The smallest absolute Gasteiger partial charge is 0.253 e. The van der Waals surface area contributed by atoms with Crippen molar-refractivity contribution in [1.29, 1.82) is 0 Å². The van der Waals surface area contributed by atoms with E-state index in [0.717, 1.165) is 48.4 Å². The van der Waals surface area contributed by atoms with Crippen LogP contribution in [0.15, 0.2) is 48.5 Å². The first-order chi connectivity index (χ1) is 13.0. The molecule has 0 saturated carbocycles. The van der Waals surface area contributed by atoms with Gasteiger partial charge in [0.1, 0.15) is 0 Å². The average Bonchev–Trinajstić information content (AvgIpc) is 2.69. The van der Waals surface area contributed by atoms with Gasteiger partial charge in [-0.15, -0.1) is 0 Å². The van der Waals surface area contributed by atoms with Crippen LogP contribution in [0.2, 0.25) is 0 Å². The average molecular weight is 365 g/mol. The van der Waals surface area contributed by atoms with Gasteiger partial charge in [0, 0.05) is 44.1 Å². The van der Waals surface area contributed by atoms with Crippen LogP contribution in [0.5, 0.6) is 0 Å². The molecule has 0 atom stereocenters. The Morgan fingerprint density at radius 2 is 1.67 bits per heavy atom. The van der Waals surface area contributed by atoms with Gasteiger partial charge in [-0.1, -0.05) is 18.2 Å². The Morgan fingerprint density at radius 1 is 0.963 bits per heavy atom. The summed E-state index contributed by atoms with van der Waals surface area (Å²) in [6.45, 7) is 1.70. The number of nitrogens with zero attached hydrogens (tertiary/aromatic N) is 2. The van der Waals surface area contributed by atoms with Gasteiger partial charge in [-0.3, -0.25) is 9.59 Å². The predicted molar refractivity (Wildman–Crippen MR) is 108 cm³/mol. The molecule has 1 fully saturated rings. The van der Waals surface area contributed by atoms with Crippen LogP contribution in [0.25, 0.3) is 0 Å². The van der Waals surface area contributed by atoms with Gasteiger partial charge in [0.05, 0.1) is 6.42 Å². The molecule has 0 radical (unpaired) electrons. The topological polar surface area (TPSA) is 52.7 Å². The zero-order chi connectivity index (χ0) is 19.2. The van der Waals surface area contributed by atoms with Crippen LogP contribution in [0, 0.1) is 0 Å². The third-order valence-corrected chi connectivity index (χ3v) is 4.85. The molecule has 1 aliphatic rings. The van der Waals surface area contributed by atoms with E-state index in [4.69, 9.17) is 0 Å². The highest BCUT2D eigenvalue weighted by atomic mass is 16.2. The van der Waals surface area contributed by atoms with Crippen LogP contribution in [-0.4, -0.2) is 48.8 Å². The highest BCUT2D eigenvalue weighted by molar-refractivity contribution is 5.95. The van der Waals surface area contributed by atoms with E-state index in [0.29, 0.717) is 6.42 Å². The Kier molecular flexibility index (Phi) is 6.12. The molecule has 2 aromatic carbocycles. The summed E-state index contributed by atoms with van der Waals surface area (Å²) >= 11 is 0. The number of anilines is 2. The van der Waals surface area contributed by atoms with Gasteiger partial charge in [0.25, 0.3) is 5.91 Å². The second-order valence-corrected chi connectivity index (χ2v) is 7.22. The molecule has 27 heavy (non-hydrogen) atoms. The molecule has 0 aromatic heterocycles. The van der Waals surface area contributed by atoms with Crippen molar-refractivity contribution in [2.24, 2.45) is 0 Å². The number of nitrogens with one attached hydrogen (secondary N) is 1. The van der Waals surface area contributed by atoms with Crippen molar-refractivity contribution in [1.82, 2.24) is 9.80 Å². The summed E-state index contributed by atoms with van der Waals surface area (Å²) < 4.78 is 0. The SMILES string of the molecule is CN(C)C(=O)Cc1ccc(Nc2cccc(C(=O)N3CCCCC3)c2)cc1. The first kappa shape index (κ1) is 19.0. The Labute approximate surface area is 161 Å². The fourth-order valence-corrected chi connectivity index (χ4v) is 3.21. The van der Waals surface area contributed by atoms with E-state index in [2.05, 4.69) is 5.32 Å². The molecule has 1 saturated heterocycles. The molecule has 0 bridgehead atoms. The Balaban J connectivity index is 1.65. The number of carbonyl (C=O) groups is 2. The summed E-state index contributed by atoms with van der Waals surface area (Å²) in [5.74, 6) is 0.190. The fraction of sp³-hybridized carbons (Fsp3) is 0.364. The van der Waals surface area contributed by atoms with Gasteiger partial charge in [-0.05, 0) is 55.2 Å². The minimum absolute atomic E-state index is 0.0830. The lowest BCUT2D eigenvalue weighted by molar-refractivity contribution is -0.127. The number of likely N-dealkylation sites (tertiary alicyclic amines) is 1. The lowest BCUT2D eigenvalue weighted by atomic mass is 10.1. The molecule has 2 aromatic rings. The largest absolute Gasteiger partial charge is 0.356 e. The van der Waals surface area contributed by atoms with Gasteiger partial charge in [0.15, 0.2) is 0 Å². The minimum atomic E-state index is 0.0830. The maximum absolute atomic E-state index is 12.7. The number of rotatable bonds is 5. The number of amides is 2. The van der Waals surface area contributed by atoms with Gasteiger partial charge in [-0.2, -0.15) is 0 Å². The lowest BCUT2D eigenvalue weighted by Crippen LogP contribution is -2.35. The van der Waals surface area contributed by atoms with Crippen molar-refractivity contribution in [3.8, 4) is 0 Å². The number of hydrogen-bond donors (Lipinski definition) is 1. The Morgan fingerprint density at radius 3 is 2.33 bits per heavy atom. The van der Waals surface area contributed by atoms with Crippen LogP contribution < -0.4 is 5.32 Å². The van der Waals surface area contributed by atoms with Crippen LogP contribution in [0.3, 0.4) is 0 Å². The van der Waals surface area contributed by atoms with Crippen molar-refractivity contribution in [2.45, 2.75) is 25.7 Å².